The molecule has 0 fully saturated rings. The Morgan fingerprint density at radius 2 is 1.45 bits per heavy atom. The van der Waals surface area contributed by atoms with E-state index in [-0.39, 0.29) is 5.78 Å². The maximum Gasteiger partial charge on any atom is 0.141 e. The molecule has 2 aromatic carbocycles. The highest BCUT2D eigenvalue weighted by atomic mass is 35.5. The highest BCUT2D eigenvalue weighted by Crippen LogP contribution is 2.14. The molecule has 2 aromatic rings. The van der Waals surface area contributed by atoms with Crippen molar-refractivity contribution in [2.24, 2.45) is 0 Å². The average molecular weight is 289 g/mol. The van der Waals surface area contributed by atoms with Crippen molar-refractivity contribution >= 4 is 17.4 Å². The van der Waals surface area contributed by atoms with Gasteiger partial charge in [0.1, 0.15) is 11.5 Å². The minimum absolute atomic E-state index is 0.191. The number of Topliss-reactive ketones (excluding diaryl/α,β-unsaturated/α-hetero) is 1. The Kier molecular flexibility index (Phi) is 5.19. The summed E-state index contributed by atoms with van der Waals surface area (Å²) >= 11 is 5.82. The van der Waals surface area contributed by atoms with Crippen LogP contribution in [-0.2, 0) is 17.6 Å². The summed E-state index contributed by atoms with van der Waals surface area (Å²) in [5.74, 6) is 1.03. The molecule has 0 aliphatic rings. The molecular weight excluding hydrogens is 272 g/mol. The molecule has 0 atom stereocenters. The molecule has 0 N–H and O–H groups in total. The van der Waals surface area contributed by atoms with Gasteiger partial charge in [0.15, 0.2) is 0 Å². The Morgan fingerprint density at radius 1 is 0.950 bits per heavy atom. The number of rotatable bonds is 6. The van der Waals surface area contributed by atoms with E-state index >= 15 is 0 Å². The van der Waals surface area contributed by atoms with Crippen LogP contribution < -0.4 is 4.74 Å². The number of ether oxygens (including phenoxy) is 1. The van der Waals surface area contributed by atoms with Gasteiger partial charge in [0.2, 0.25) is 0 Å². The SMILES string of the molecule is CCOc1ccc(CC(=O)Cc2ccc(Cl)cc2)cc1. The fraction of sp³-hybridized carbons (Fsp3) is 0.235. The lowest BCUT2D eigenvalue weighted by molar-refractivity contribution is -0.117. The predicted octanol–water partition coefficient (Wildman–Crippen LogP) is 4.09. The number of ketones is 1. The van der Waals surface area contributed by atoms with Gasteiger partial charge in [-0.15, -0.1) is 0 Å². The number of carbonyl (C=O) groups excluding carboxylic acids is 1. The second-order valence-electron chi connectivity index (χ2n) is 4.60. The zero-order valence-corrected chi connectivity index (χ0v) is 12.2. The minimum Gasteiger partial charge on any atom is -0.494 e. The van der Waals surface area contributed by atoms with Crippen LogP contribution >= 0.6 is 11.6 Å². The molecule has 0 spiro atoms. The lowest BCUT2D eigenvalue weighted by Crippen LogP contribution is -2.06. The molecule has 0 heterocycles. The van der Waals surface area contributed by atoms with Crippen molar-refractivity contribution in [3.8, 4) is 5.75 Å². The third kappa shape index (κ3) is 4.39. The highest BCUT2D eigenvalue weighted by molar-refractivity contribution is 6.30. The molecule has 0 saturated heterocycles. The second-order valence-corrected chi connectivity index (χ2v) is 5.03. The molecular formula is C17H17ClO2. The van der Waals surface area contributed by atoms with Gasteiger partial charge in [-0.25, -0.2) is 0 Å². The highest BCUT2D eigenvalue weighted by Gasteiger charge is 2.05. The molecule has 3 heteroatoms. The van der Waals surface area contributed by atoms with Crippen LogP contribution in [0.15, 0.2) is 48.5 Å². The fourth-order valence-corrected chi connectivity index (χ4v) is 2.12. The van der Waals surface area contributed by atoms with Crippen LogP contribution in [-0.4, -0.2) is 12.4 Å². The molecule has 0 unspecified atom stereocenters. The Hall–Kier alpha value is -1.80. The van der Waals surface area contributed by atoms with Crippen molar-refractivity contribution in [2.45, 2.75) is 19.8 Å². The number of carbonyl (C=O) groups is 1. The molecule has 0 saturated carbocycles. The van der Waals surface area contributed by atoms with Crippen molar-refractivity contribution in [3.63, 3.8) is 0 Å². The maximum atomic E-state index is 12.0. The van der Waals surface area contributed by atoms with Crippen molar-refractivity contribution < 1.29 is 9.53 Å². The molecule has 0 aliphatic heterocycles. The van der Waals surface area contributed by atoms with E-state index in [4.69, 9.17) is 16.3 Å². The Morgan fingerprint density at radius 3 is 1.95 bits per heavy atom. The van der Waals surface area contributed by atoms with Crippen LogP contribution in [0.5, 0.6) is 5.75 Å². The standard InChI is InChI=1S/C17H17ClO2/c1-2-20-17-9-5-14(6-10-17)12-16(19)11-13-3-7-15(18)8-4-13/h3-10H,2,11-12H2,1H3. The van der Waals surface area contributed by atoms with Crippen LogP contribution in [0.25, 0.3) is 0 Å². The lowest BCUT2D eigenvalue weighted by atomic mass is 10.0. The van der Waals surface area contributed by atoms with Crippen LogP contribution in [0.4, 0.5) is 0 Å². The van der Waals surface area contributed by atoms with Crippen LogP contribution in [0.2, 0.25) is 5.02 Å². The Labute approximate surface area is 124 Å². The van der Waals surface area contributed by atoms with E-state index < -0.39 is 0 Å². The topological polar surface area (TPSA) is 26.3 Å². The van der Waals surface area contributed by atoms with Gasteiger partial charge in [-0.05, 0) is 42.3 Å². The van der Waals surface area contributed by atoms with Gasteiger partial charge in [0.05, 0.1) is 6.61 Å². The normalized spacial score (nSPS) is 10.3. The summed E-state index contributed by atoms with van der Waals surface area (Å²) in [6.45, 7) is 2.60. The smallest absolute Gasteiger partial charge is 0.141 e. The quantitative estimate of drug-likeness (QED) is 0.800. The summed E-state index contributed by atoms with van der Waals surface area (Å²) in [5.41, 5.74) is 2.00. The zero-order chi connectivity index (χ0) is 14.4. The molecule has 2 rings (SSSR count). The van der Waals surface area contributed by atoms with Crippen molar-refractivity contribution in [3.05, 3.63) is 64.7 Å². The number of hydrogen-bond acceptors (Lipinski definition) is 2. The molecule has 0 radical (unpaired) electrons. The summed E-state index contributed by atoms with van der Waals surface area (Å²) in [5, 5.41) is 0.688. The van der Waals surface area contributed by atoms with Gasteiger partial charge in [0, 0.05) is 17.9 Å². The number of hydrogen-bond donors (Lipinski definition) is 0. The van der Waals surface area contributed by atoms with Gasteiger partial charge >= 0.3 is 0 Å². The van der Waals surface area contributed by atoms with E-state index in [0.29, 0.717) is 24.5 Å². The first-order chi connectivity index (χ1) is 9.67. The van der Waals surface area contributed by atoms with Gasteiger partial charge in [-0.3, -0.25) is 4.79 Å². The van der Waals surface area contributed by atoms with Gasteiger partial charge < -0.3 is 4.74 Å². The summed E-state index contributed by atoms with van der Waals surface area (Å²) < 4.78 is 5.38. The van der Waals surface area contributed by atoms with Crippen LogP contribution in [0, 0.1) is 0 Å². The maximum absolute atomic E-state index is 12.0. The van der Waals surface area contributed by atoms with Crippen molar-refractivity contribution in [2.75, 3.05) is 6.61 Å². The third-order valence-corrected chi connectivity index (χ3v) is 3.20. The van der Waals surface area contributed by atoms with Gasteiger partial charge in [-0.2, -0.15) is 0 Å². The van der Waals surface area contributed by atoms with Gasteiger partial charge in [-0.1, -0.05) is 35.9 Å². The zero-order valence-electron chi connectivity index (χ0n) is 11.4. The first kappa shape index (κ1) is 14.6. The first-order valence-corrected chi connectivity index (χ1v) is 7.03. The molecule has 20 heavy (non-hydrogen) atoms. The van der Waals surface area contributed by atoms with Crippen molar-refractivity contribution in [1.29, 1.82) is 0 Å². The fourth-order valence-electron chi connectivity index (χ4n) is 1.99. The first-order valence-electron chi connectivity index (χ1n) is 6.65. The second kappa shape index (κ2) is 7.11. The molecule has 0 amide bonds. The van der Waals surface area contributed by atoms with Gasteiger partial charge in [0.25, 0.3) is 0 Å². The minimum atomic E-state index is 0.191. The summed E-state index contributed by atoms with van der Waals surface area (Å²) in [6, 6.07) is 15.1. The van der Waals surface area contributed by atoms with E-state index in [1.165, 1.54) is 0 Å². The molecule has 2 nitrogen and oxygen atoms in total. The Bertz CT molecular complexity index is 559. The largest absolute Gasteiger partial charge is 0.494 e. The van der Waals surface area contributed by atoms with Crippen molar-refractivity contribution in [1.82, 2.24) is 0 Å². The monoisotopic (exact) mass is 288 g/mol. The summed E-state index contributed by atoms with van der Waals surface area (Å²) in [6.07, 6.45) is 0.874. The number of halogens is 1. The molecule has 0 aliphatic carbocycles. The average Bonchev–Trinajstić information content (AvgIpc) is 2.44. The van der Waals surface area contributed by atoms with E-state index in [0.717, 1.165) is 16.9 Å². The van der Waals surface area contributed by atoms with Crippen LogP contribution in [0.1, 0.15) is 18.1 Å². The van der Waals surface area contributed by atoms with E-state index in [1.54, 1.807) is 12.1 Å². The molecule has 0 aromatic heterocycles. The predicted molar refractivity (Wildman–Crippen MR) is 81.5 cm³/mol. The number of benzene rings is 2. The molecule has 0 bridgehead atoms. The van der Waals surface area contributed by atoms with E-state index in [9.17, 15) is 4.79 Å². The summed E-state index contributed by atoms with van der Waals surface area (Å²) in [4.78, 5) is 12.0. The van der Waals surface area contributed by atoms with E-state index in [1.807, 2.05) is 43.3 Å². The Balaban J connectivity index is 1.92. The third-order valence-electron chi connectivity index (χ3n) is 2.95. The van der Waals surface area contributed by atoms with Crippen LogP contribution in [0.3, 0.4) is 0 Å². The lowest BCUT2D eigenvalue weighted by Gasteiger charge is -2.05. The van der Waals surface area contributed by atoms with E-state index in [2.05, 4.69) is 0 Å². The molecule has 104 valence electrons. The summed E-state index contributed by atoms with van der Waals surface area (Å²) in [7, 11) is 0.